The first-order chi connectivity index (χ1) is 16.8. The summed E-state index contributed by atoms with van der Waals surface area (Å²) in [4.78, 5) is 32.2. The Morgan fingerprint density at radius 2 is 1.75 bits per heavy atom. The van der Waals surface area contributed by atoms with Crippen LogP contribution in [0.4, 0.5) is 10.1 Å². The van der Waals surface area contributed by atoms with Crippen LogP contribution in [0.3, 0.4) is 0 Å². The van der Waals surface area contributed by atoms with Crippen molar-refractivity contribution in [3.63, 3.8) is 0 Å². The van der Waals surface area contributed by atoms with Crippen LogP contribution in [0, 0.1) is 11.7 Å². The molecule has 0 saturated carbocycles. The Morgan fingerprint density at radius 1 is 1.11 bits per heavy atom. The molecule has 0 spiro atoms. The number of piperidine rings is 1. The lowest BCUT2D eigenvalue weighted by molar-refractivity contribution is -0.118. The zero-order valence-corrected chi connectivity index (χ0v) is 21.9. The number of nitrogens with one attached hydrogen (secondary N) is 3. The van der Waals surface area contributed by atoms with E-state index in [-0.39, 0.29) is 16.5 Å². The number of benzene rings is 1. The lowest BCUT2D eigenvalue weighted by atomic mass is 9.90. The average Bonchev–Trinajstić information content (AvgIpc) is 2.79. The highest BCUT2D eigenvalue weighted by Gasteiger charge is 2.28. The summed E-state index contributed by atoms with van der Waals surface area (Å²) in [6, 6.07) is 7.05. The van der Waals surface area contributed by atoms with Crippen molar-refractivity contribution in [2.24, 2.45) is 5.92 Å². The molecular weight excluding hydrogens is 485 g/mol. The van der Waals surface area contributed by atoms with Crippen molar-refractivity contribution in [3.05, 3.63) is 54.0 Å². The van der Waals surface area contributed by atoms with Gasteiger partial charge in [-0.2, -0.15) is 0 Å². The number of rotatable bonds is 8. The third kappa shape index (κ3) is 8.07. The monoisotopic (exact) mass is 519 g/mol. The second kappa shape index (κ2) is 11.4. The molecule has 2 heterocycles. The molecule has 1 aromatic heterocycles. The molecular formula is C25H34FN5O4S. The molecule has 196 valence electrons. The predicted molar refractivity (Wildman–Crippen MR) is 135 cm³/mol. The largest absolute Gasteiger partial charge is 0.340 e. The standard InChI is InChI=1S/C25H34FN5O4S/c1-25(2,3)30-36(34,35)22-10-9-20(16-27-22)28-24(33)21(15-17-11-13-31(4)14-12-17)29-23(32)18-5-7-19(26)8-6-18/h5-10,16-17,21,30H,11-15H2,1-4H3,(H,28,33)(H,29,32)/t21-/m0/s1. The summed E-state index contributed by atoms with van der Waals surface area (Å²) in [6.45, 7) is 7.00. The van der Waals surface area contributed by atoms with Crippen molar-refractivity contribution in [1.29, 1.82) is 0 Å². The minimum absolute atomic E-state index is 0.164. The molecule has 3 N–H and O–H groups in total. The number of aromatic nitrogens is 1. The molecule has 36 heavy (non-hydrogen) atoms. The Labute approximate surface area is 211 Å². The normalized spacial score (nSPS) is 16.4. The van der Waals surface area contributed by atoms with Gasteiger partial charge in [-0.25, -0.2) is 22.5 Å². The molecule has 9 nitrogen and oxygen atoms in total. The van der Waals surface area contributed by atoms with Crippen molar-refractivity contribution in [1.82, 2.24) is 19.9 Å². The minimum Gasteiger partial charge on any atom is -0.340 e. The topological polar surface area (TPSA) is 121 Å². The van der Waals surface area contributed by atoms with Crippen LogP contribution in [0.15, 0.2) is 47.6 Å². The van der Waals surface area contributed by atoms with Crippen molar-refractivity contribution in [3.8, 4) is 0 Å². The zero-order chi connectivity index (χ0) is 26.5. The van der Waals surface area contributed by atoms with Crippen LogP contribution in [0.1, 0.15) is 50.4 Å². The number of sulfonamides is 1. The zero-order valence-electron chi connectivity index (χ0n) is 21.0. The molecule has 1 aliphatic heterocycles. The van der Waals surface area contributed by atoms with Gasteiger partial charge in [0, 0.05) is 11.1 Å². The Morgan fingerprint density at radius 3 is 2.31 bits per heavy atom. The van der Waals surface area contributed by atoms with Crippen LogP contribution in [-0.4, -0.2) is 61.8 Å². The van der Waals surface area contributed by atoms with Gasteiger partial charge in [-0.1, -0.05) is 0 Å². The number of hydrogen-bond donors (Lipinski definition) is 3. The second-order valence-corrected chi connectivity index (χ2v) is 11.9. The van der Waals surface area contributed by atoms with E-state index in [1.165, 1.54) is 42.6 Å². The highest BCUT2D eigenvalue weighted by atomic mass is 32.2. The summed E-state index contributed by atoms with van der Waals surface area (Å²) in [6.07, 6.45) is 3.52. The number of nitrogens with zero attached hydrogens (tertiary/aromatic N) is 2. The van der Waals surface area contributed by atoms with Gasteiger partial charge in [0.15, 0.2) is 5.03 Å². The molecule has 1 saturated heterocycles. The fourth-order valence-corrected chi connectivity index (χ4v) is 5.35. The average molecular weight is 520 g/mol. The molecule has 0 bridgehead atoms. The summed E-state index contributed by atoms with van der Waals surface area (Å²) in [5, 5.41) is 5.35. The van der Waals surface area contributed by atoms with Crippen LogP contribution >= 0.6 is 0 Å². The number of likely N-dealkylation sites (tertiary alicyclic amines) is 1. The van der Waals surface area contributed by atoms with E-state index in [0.717, 1.165) is 25.9 Å². The lowest BCUT2D eigenvalue weighted by Crippen LogP contribution is -2.46. The molecule has 1 aliphatic rings. The molecule has 1 aromatic carbocycles. The SMILES string of the molecule is CN1CCC(C[C@H](NC(=O)c2ccc(F)cc2)C(=O)Nc2ccc(S(=O)(=O)NC(C)(C)C)nc2)CC1. The third-order valence-electron chi connectivity index (χ3n) is 5.86. The number of amides is 2. The molecule has 1 fully saturated rings. The quantitative estimate of drug-likeness (QED) is 0.493. The molecule has 0 unspecified atom stereocenters. The summed E-state index contributed by atoms with van der Waals surface area (Å²) in [7, 11) is -1.77. The van der Waals surface area contributed by atoms with Gasteiger partial charge in [0.25, 0.3) is 15.9 Å². The first kappa shape index (κ1) is 27.7. The van der Waals surface area contributed by atoms with E-state index >= 15 is 0 Å². The maximum absolute atomic E-state index is 13.3. The van der Waals surface area contributed by atoms with Crippen molar-refractivity contribution < 1.29 is 22.4 Å². The van der Waals surface area contributed by atoms with Crippen LogP contribution in [0.25, 0.3) is 0 Å². The lowest BCUT2D eigenvalue weighted by Gasteiger charge is -2.31. The second-order valence-electron chi connectivity index (χ2n) is 10.2. The Bertz CT molecular complexity index is 1160. The van der Waals surface area contributed by atoms with E-state index in [4.69, 9.17) is 0 Å². The molecule has 2 aromatic rings. The van der Waals surface area contributed by atoms with Crippen LogP contribution in [0.2, 0.25) is 0 Å². The molecule has 3 rings (SSSR count). The van der Waals surface area contributed by atoms with Crippen LogP contribution in [0.5, 0.6) is 0 Å². The number of halogens is 1. The van der Waals surface area contributed by atoms with Gasteiger partial charge in [0.1, 0.15) is 11.9 Å². The van der Waals surface area contributed by atoms with E-state index in [9.17, 15) is 22.4 Å². The van der Waals surface area contributed by atoms with E-state index < -0.39 is 39.2 Å². The predicted octanol–water partition coefficient (Wildman–Crippen LogP) is 2.77. The highest BCUT2D eigenvalue weighted by molar-refractivity contribution is 7.89. The number of carbonyl (C=O) groups is 2. The molecule has 1 atom stereocenters. The van der Waals surface area contributed by atoms with E-state index in [0.29, 0.717) is 12.1 Å². The summed E-state index contributed by atoms with van der Waals surface area (Å²) in [5.74, 6) is -1.12. The van der Waals surface area contributed by atoms with Gasteiger partial charge >= 0.3 is 0 Å². The number of hydrogen-bond acceptors (Lipinski definition) is 6. The molecule has 2 amide bonds. The summed E-state index contributed by atoms with van der Waals surface area (Å²) in [5.41, 5.74) is -0.114. The summed E-state index contributed by atoms with van der Waals surface area (Å²) >= 11 is 0. The maximum atomic E-state index is 13.3. The van der Waals surface area contributed by atoms with Gasteiger partial charge in [0.2, 0.25) is 5.91 Å². The highest BCUT2D eigenvalue weighted by Crippen LogP contribution is 2.22. The first-order valence-corrected chi connectivity index (χ1v) is 13.4. The Kier molecular flexibility index (Phi) is 8.80. The van der Waals surface area contributed by atoms with Crippen molar-refractivity contribution >= 4 is 27.5 Å². The molecule has 0 aliphatic carbocycles. The van der Waals surface area contributed by atoms with Crippen LogP contribution < -0.4 is 15.4 Å². The van der Waals surface area contributed by atoms with Gasteiger partial charge < -0.3 is 15.5 Å². The van der Waals surface area contributed by atoms with Crippen LogP contribution in [-0.2, 0) is 14.8 Å². The Hall–Kier alpha value is -2.89. The maximum Gasteiger partial charge on any atom is 0.258 e. The molecule has 11 heteroatoms. The number of anilines is 1. The Balaban J connectivity index is 1.73. The number of pyridine rings is 1. The van der Waals surface area contributed by atoms with Gasteiger partial charge in [-0.15, -0.1) is 0 Å². The van der Waals surface area contributed by atoms with E-state index in [1.807, 2.05) is 7.05 Å². The summed E-state index contributed by atoms with van der Waals surface area (Å²) < 4.78 is 40.7. The number of carbonyl (C=O) groups excluding carboxylic acids is 2. The van der Waals surface area contributed by atoms with E-state index in [1.54, 1.807) is 20.8 Å². The van der Waals surface area contributed by atoms with Gasteiger partial charge in [-0.05, 0) is 102 Å². The first-order valence-electron chi connectivity index (χ1n) is 11.9. The fraction of sp³-hybridized carbons (Fsp3) is 0.480. The van der Waals surface area contributed by atoms with Crippen molar-refractivity contribution in [2.45, 2.75) is 56.6 Å². The van der Waals surface area contributed by atoms with E-state index in [2.05, 4.69) is 25.2 Å². The van der Waals surface area contributed by atoms with Gasteiger partial charge in [0.05, 0.1) is 11.9 Å². The fourth-order valence-electron chi connectivity index (χ4n) is 4.00. The smallest absolute Gasteiger partial charge is 0.258 e. The van der Waals surface area contributed by atoms with Gasteiger partial charge in [-0.3, -0.25) is 9.59 Å². The molecule has 0 radical (unpaired) electrons. The third-order valence-corrected chi connectivity index (χ3v) is 7.53. The van der Waals surface area contributed by atoms with Crippen molar-refractivity contribution in [2.75, 3.05) is 25.5 Å². The minimum atomic E-state index is -3.81.